The summed E-state index contributed by atoms with van der Waals surface area (Å²) in [7, 11) is 0. The molecule has 3 N–H and O–H groups in total. The summed E-state index contributed by atoms with van der Waals surface area (Å²) in [6.07, 6.45) is 0. The van der Waals surface area contributed by atoms with Gasteiger partial charge in [0.25, 0.3) is 0 Å². The van der Waals surface area contributed by atoms with Crippen LogP contribution in [0.5, 0.6) is 0 Å². The monoisotopic (exact) mass is 302 g/mol. The van der Waals surface area contributed by atoms with E-state index in [0.29, 0.717) is 18.2 Å². The Bertz CT molecular complexity index is 651. The quantitative estimate of drug-likeness (QED) is 0.912. The van der Waals surface area contributed by atoms with Crippen LogP contribution in [-0.4, -0.2) is 22.3 Å². The van der Waals surface area contributed by atoms with Crippen molar-refractivity contribution >= 4 is 28.1 Å². The fourth-order valence-corrected chi connectivity index (χ4v) is 3.57. The molecule has 0 radical (unpaired) electrons. The Kier molecular flexibility index (Phi) is 3.65. The molecular weight excluding hydrogens is 284 g/mol. The summed E-state index contributed by atoms with van der Waals surface area (Å²) in [6.45, 7) is 5.87. The number of carbonyl (C=O) groups excluding carboxylic acids is 1. The highest BCUT2D eigenvalue weighted by Crippen LogP contribution is 2.29. The molecule has 1 aliphatic rings. The number of anilines is 2. The molecule has 1 aromatic heterocycles. The topological polar surface area (TPSA) is 71.2 Å². The van der Waals surface area contributed by atoms with Crippen LogP contribution in [-0.2, 0) is 17.9 Å². The van der Waals surface area contributed by atoms with Crippen molar-refractivity contribution in [1.29, 1.82) is 0 Å². The van der Waals surface area contributed by atoms with E-state index in [-0.39, 0.29) is 5.91 Å². The maximum absolute atomic E-state index is 12.1. The van der Waals surface area contributed by atoms with Gasteiger partial charge in [-0.2, -0.15) is 0 Å². The van der Waals surface area contributed by atoms with Crippen LogP contribution >= 0.6 is 11.3 Å². The lowest BCUT2D eigenvalue weighted by Gasteiger charge is -2.14. The number of carbonyl (C=O) groups is 1. The number of aromatic nitrogens is 1. The van der Waals surface area contributed by atoms with Gasteiger partial charge in [0, 0.05) is 23.7 Å². The second-order valence-electron chi connectivity index (χ2n) is 5.49. The Morgan fingerprint density at radius 3 is 2.71 bits per heavy atom. The molecule has 0 bridgehead atoms. The van der Waals surface area contributed by atoms with Gasteiger partial charge in [-0.3, -0.25) is 9.69 Å². The summed E-state index contributed by atoms with van der Waals surface area (Å²) in [4.78, 5) is 19.7. The normalized spacial score (nSPS) is 14.2. The summed E-state index contributed by atoms with van der Waals surface area (Å²) < 4.78 is 0. The number of nitrogens with one attached hydrogen (secondary N) is 1. The summed E-state index contributed by atoms with van der Waals surface area (Å²) in [5, 5.41) is 3.57. The van der Waals surface area contributed by atoms with E-state index < -0.39 is 0 Å². The van der Waals surface area contributed by atoms with E-state index in [1.54, 1.807) is 0 Å². The van der Waals surface area contributed by atoms with Crippen LogP contribution in [0.3, 0.4) is 0 Å². The number of fused-ring (bicyclic) bond motifs is 1. The number of benzene rings is 1. The maximum atomic E-state index is 12.1. The molecule has 0 aliphatic carbocycles. The van der Waals surface area contributed by atoms with Gasteiger partial charge in [-0.05, 0) is 37.1 Å². The number of nitrogen functional groups attached to an aromatic ring is 1. The van der Waals surface area contributed by atoms with Gasteiger partial charge >= 0.3 is 0 Å². The van der Waals surface area contributed by atoms with Gasteiger partial charge in [0.15, 0.2) is 5.13 Å². The van der Waals surface area contributed by atoms with Gasteiger partial charge in [-0.25, -0.2) is 4.98 Å². The van der Waals surface area contributed by atoms with Crippen molar-refractivity contribution in [2.75, 3.05) is 17.6 Å². The second-order valence-corrected chi connectivity index (χ2v) is 6.61. The van der Waals surface area contributed by atoms with Gasteiger partial charge in [0.2, 0.25) is 5.91 Å². The summed E-state index contributed by atoms with van der Waals surface area (Å²) in [5.41, 5.74) is 9.84. The van der Waals surface area contributed by atoms with E-state index in [1.165, 1.54) is 16.2 Å². The molecule has 0 unspecified atom stereocenters. The van der Waals surface area contributed by atoms with Gasteiger partial charge in [0.05, 0.1) is 12.2 Å². The number of rotatable bonds is 3. The van der Waals surface area contributed by atoms with Crippen molar-refractivity contribution in [2.45, 2.75) is 26.9 Å². The standard InChI is InChI=1S/C15H18N4OS/c1-9-3-10(2)5-11(4-9)17-14(20)8-19-6-12-13(7-19)21-15(16)18-12/h3-5H,6-8H2,1-2H3,(H2,16,18)(H,17,20). The number of hydrogen-bond donors (Lipinski definition) is 2. The molecule has 21 heavy (non-hydrogen) atoms. The number of nitrogens with zero attached hydrogens (tertiary/aromatic N) is 2. The van der Waals surface area contributed by atoms with Gasteiger partial charge in [-0.15, -0.1) is 11.3 Å². The Balaban J connectivity index is 1.59. The highest BCUT2D eigenvalue weighted by molar-refractivity contribution is 7.15. The minimum absolute atomic E-state index is 0.00289. The van der Waals surface area contributed by atoms with E-state index in [2.05, 4.69) is 21.3 Å². The number of amides is 1. The molecule has 0 atom stereocenters. The fourth-order valence-electron chi connectivity index (χ4n) is 2.68. The zero-order valence-corrected chi connectivity index (χ0v) is 13.0. The van der Waals surface area contributed by atoms with Crippen molar-refractivity contribution in [3.63, 3.8) is 0 Å². The predicted octanol–water partition coefficient (Wildman–Crippen LogP) is 2.30. The molecule has 1 aromatic carbocycles. The molecule has 110 valence electrons. The van der Waals surface area contributed by atoms with E-state index >= 15 is 0 Å². The first kappa shape index (κ1) is 14.0. The first-order valence-corrected chi connectivity index (χ1v) is 7.66. The smallest absolute Gasteiger partial charge is 0.238 e. The third-order valence-corrected chi connectivity index (χ3v) is 4.32. The van der Waals surface area contributed by atoms with E-state index in [1.807, 2.05) is 26.0 Å². The number of hydrogen-bond acceptors (Lipinski definition) is 5. The largest absolute Gasteiger partial charge is 0.375 e. The molecule has 6 heteroatoms. The molecule has 0 saturated carbocycles. The van der Waals surface area contributed by atoms with E-state index in [9.17, 15) is 4.79 Å². The molecule has 0 saturated heterocycles. The zero-order valence-electron chi connectivity index (χ0n) is 12.1. The third-order valence-electron chi connectivity index (χ3n) is 3.41. The molecule has 1 aliphatic heterocycles. The van der Waals surface area contributed by atoms with E-state index in [4.69, 9.17) is 5.73 Å². The predicted molar refractivity (Wildman–Crippen MR) is 85.2 cm³/mol. The van der Waals surface area contributed by atoms with Crippen LogP contribution in [0, 0.1) is 13.8 Å². The number of thiazole rings is 1. The fraction of sp³-hybridized carbons (Fsp3) is 0.333. The van der Waals surface area contributed by atoms with Crippen LogP contribution in [0.25, 0.3) is 0 Å². The lowest BCUT2D eigenvalue weighted by Crippen LogP contribution is -2.29. The molecule has 0 spiro atoms. The van der Waals surface area contributed by atoms with Crippen LogP contribution in [0.15, 0.2) is 18.2 Å². The maximum Gasteiger partial charge on any atom is 0.238 e. The third kappa shape index (κ3) is 3.22. The first-order valence-electron chi connectivity index (χ1n) is 6.84. The summed E-state index contributed by atoms with van der Waals surface area (Å²) in [5.74, 6) is 0.00289. The molecule has 2 aromatic rings. The minimum atomic E-state index is 0.00289. The first-order chi connectivity index (χ1) is 9.99. The van der Waals surface area contributed by atoms with Crippen molar-refractivity contribution in [1.82, 2.24) is 9.88 Å². The molecule has 5 nitrogen and oxygen atoms in total. The van der Waals surface area contributed by atoms with Crippen LogP contribution in [0.1, 0.15) is 21.7 Å². The van der Waals surface area contributed by atoms with Crippen LogP contribution < -0.4 is 11.1 Å². The molecule has 3 rings (SSSR count). The highest BCUT2D eigenvalue weighted by Gasteiger charge is 2.24. The number of nitrogens with two attached hydrogens (primary N) is 1. The highest BCUT2D eigenvalue weighted by atomic mass is 32.1. The molecule has 2 heterocycles. The lowest BCUT2D eigenvalue weighted by molar-refractivity contribution is -0.117. The van der Waals surface area contributed by atoms with Gasteiger partial charge in [0.1, 0.15) is 0 Å². The summed E-state index contributed by atoms with van der Waals surface area (Å²) in [6, 6.07) is 6.05. The van der Waals surface area contributed by atoms with Crippen molar-refractivity contribution in [3.8, 4) is 0 Å². The van der Waals surface area contributed by atoms with Crippen molar-refractivity contribution < 1.29 is 4.79 Å². The van der Waals surface area contributed by atoms with Gasteiger partial charge in [-0.1, -0.05) is 6.07 Å². The Morgan fingerprint density at radius 2 is 2.05 bits per heavy atom. The SMILES string of the molecule is Cc1cc(C)cc(NC(=O)CN2Cc3nc(N)sc3C2)c1. The molecule has 1 amide bonds. The Labute approximate surface area is 127 Å². The Morgan fingerprint density at radius 1 is 1.33 bits per heavy atom. The Hall–Kier alpha value is -1.92. The zero-order chi connectivity index (χ0) is 15.0. The minimum Gasteiger partial charge on any atom is -0.375 e. The van der Waals surface area contributed by atoms with Crippen molar-refractivity contribution in [3.05, 3.63) is 39.9 Å². The van der Waals surface area contributed by atoms with E-state index in [0.717, 1.165) is 29.1 Å². The van der Waals surface area contributed by atoms with Gasteiger partial charge < -0.3 is 11.1 Å². The van der Waals surface area contributed by atoms with Crippen molar-refractivity contribution in [2.24, 2.45) is 0 Å². The molecule has 0 fully saturated rings. The average Bonchev–Trinajstić information content (AvgIpc) is 2.83. The number of aryl methyl sites for hydroxylation is 2. The average molecular weight is 302 g/mol. The summed E-state index contributed by atoms with van der Waals surface area (Å²) >= 11 is 1.51. The second kappa shape index (κ2) is 5.46. The van der Waals surface area contributed by atoms with Crippen LogP contribution in [0.2, 0.25) is 0 Å². The lowest BCUT2D eigenvalue weighted by atomic mass is 10.1. The molecular formula is C15H18N4OS. The van der Waals surface area contributed by atoms with Crippen LogP contribution in [0.4, 0.5) is 10.8 Å².